The number of rotatable bonds is 22. The Kier molecular flexibility index (Phi) is 17.5. The summed E-state index contributed by atoms with van der Waals surface area (Å²) in [5.74, 6) is 3.30. The monoisotopic (exact) mass is 552 g/mol. The number of hydrogen-bond donors (Lipinski definition) is 0. The zero-order chi connectivity index (χ0) is 28.1. The molecule has 0 aliphatic rings. The van der Waals surface area contributed by atoms with Gasteiger partial charge in [-0.1, -0.05) is 104 Å². The number of carbonyl (C=O) groups is 1. The van der Waals surface area contributed by atoms with Gasteiger partial charge in [0, 0.05) is 16.2 Å². The van der Waals surface area contributed by atoms with Gasteiger partial charge in [0.2, 0.25) is 0 Å². The maximum Gasteiger partial charge on any atom is 0.185 e. The number of thioether (sulfide) groups is 1. The molecule has 0 aromatic heterocycles. The van der Waals surface area contributed by atoms with Crippen molar-refractivity contribution in [2.24, 2.45) is 5.92 Å². The Morgan fingerprint density at radius 3 is 1.90 bits per heavy atom. The Morgan fingerprint density at radius 1 is 0.744 bits per heavy atom. The minimum Gasteiger partial charge on any atom is -0.490 e. The van der Waals surface area contributed by atoms with Crippen LogP contribution in [0.5, 0.6) is 11.5 Å². The van der Waals surface area contributed by atoms with Crippen LogP contribution in [0.25, 0.3) is 6.08 Å². The van der Waals surface area contributed by atoms with Gasteiger partial charge in [-0.05, 0) is 66.8 Å². The molecule has 216 valence electrons. The van der Waals surface area contributed by atoms with Crippen LogP contribution in [0, 0.1) is 5.92 Å². The van der Waals surface area contributed by atoms with Crippen molar-refractivity contribution in [2.75, 3.05) is 19.0 Å². The fourth-order valence-corrected chi connectivity index (χ4v) is 5.09. The summed E-state index contributed by atoms with van der Waals surface area (Å²) in [5, 5.41) is 0. The van der Waals surface area contributed by atoms with Crippen LogP contribution in [-0.2, 0) is 0 Å². The lowest BCUT2D eigenvalue weighted by molar-refractivity contribution is 0.104. The van der Waals surface area contributed by atoms with Crippen molar-refractivity contribution in [1.82, 2.24) is 0 Å². The van der Waals surface area contributed by atoms with Crippen molar-refractivity contribution in [2.45, 2.75) is 110 Å². The van der Waals surface area contributed by atoms with Crippen molar-refractivity contribution in [3.63, 3.8) is 0 Å². The lowest BCUT2D eigenvalue weighted by Crippen LogP contribution is -2.03. The molecule has 0 fully saturated rings. The molecule has 3 nitrogen and oxygen atoms in total. The highest BCUT2D eigenvalue weighted by molar-refractivity contribution is 7.99. The molecule has 2 aromatic carbocycles. The molecule has 39 heavy (non-hydrogen) atoms. The molecule has 0 saturated carbocycles. The Hall–Kier alpha value is -2.20. The molecular formula is C35H52O3S. The Bertz CT molecular complexity index is 949. The predicted molar refractivity (Wildman–Crippen MR) is 170 cm³/mol. The molecule has 0 bridgehead atoms. The van der Waals surface area contributed by atoms with Gasteiger partial charge in [-0.15, -0.1) is 11.8 Å². The molecule has 0 aliphatic heterocycles. The summed E-state index contributed by atoms with van der Waals surface area (Å²) in [6.45, 7) is 10.3. The van der Waals surface area contributed by atoms with Crippen LogP contribution in [0.2, 0.25) is 0 Å². The smallest absolute Gasteiger partial charge is 0.185 e. The zero-order valence-electron chi connectivity index (χ0n) is 25.0. The molecule has 0 unspecified atom stereocenters. The largest absolute Gasteiger partial charge is 0.490 e. The van der Waals surface area contributed by atoms with E-state index in [0.717, 1.165) is 35.7 Å². The SMILES string of the molecule is CCCCCCCCOc1ccc(C=CC(=O)c2ccc(SCC(C)C)cc2)cc1OCCCCCCCC. The number of carbonyl (C=O) groups excluding carboxylic acids is 1. The molecule has 0 aliphatic carbocycles. The molecule has 0 N–H and O–H groups in total. The van der Waals surface area contributed by atoms with Crippen molar-refractivity contribution < 1.29 is 14.3 Å². The number of benzene rings is 2. The van der Waals surface area contributed by atoms with E-state index in [1.54, 1.807) is 6.08 Å². The predicted octanol–water partition coefficient (Wildman–Crippen LogP) is 10.8. The summed E-state index contributed by atoms with van der Waals surface area (Å²) in [5.41, 5.74) is 1.65. The summed E-state index contributed by atoms with van der Waals surface area (Å²) in [7, 11) is 0. The van der Waals surface area contributed by atoms with Crippen molar-refractivity contribution in [3.8, 4) is 11.5 Å². The first-order chi connectivity index (χ1) is 19.0. The van der Waals surface area contributed by atoms with Crippen LogP contribution in [-0.4, -0.2) is 24.7 Å². The average Bonchev–Trinajstić information content (AvgIpc) is 2.94. The van der Waals surface area contributed by atoms with Gasteiger partial charge in [0.25, 0.3) is 0 Å². The van der Waals surface area contributed by atoms with E-state index in [4.69, 9.17) is 9.47 Å². The van der Waals surface area contributed by atoms with Gasteiger partial charge in [-0.3, -0.25) is 4.79 Å². The van der Waals surface area contributed by atoms with Crippen molar-refractivity contribution in [1.29, 1.82) is 0 Å². The molecule has 0 saturated heterocycles. The van der Waals surface area contributed by atoms with Crippen LogP contribution < -0.4 is 9.47 Å². The Balaban J connectivity index is 1.96. The Labute approximate surface area is 243 Å². The van der Waals surface area contributed by atoms with Gasteiger partial charge < -0.3 is 9.47 Å². The maximum absolute atomic E-state index is 12.8. The third-order valence-corrected chi connectivity index (χ3v) is 8.07. The summed E-state index contributed by atoms with van der Waals surface area (Å²) in [4.78, 5) is 14.0. The topological polar surface area (TPSA) is 35.5 Å². The second kappa shape index (κ2) is 20.7. The van der Waals surface area contributed by atoms with Crippen molar-refractivity contribution >= 4 is 23.6 Å². The van der Waals surface area contributed by atoms with E-state index in [0.29, 0.717) is 24.7 Å². The molecule has 2 rings (SSSR count). The summed E-state index contributed by atoms with van der Waals surface area (Å²) in [6, 6.07) is 13.9. The van der Waals surface area contributed by atoms with E-state index in [9.17, 15) is 4.79 Å². The number of ether oxygens (including phenoxy) is 2. The second-order valence-electron chi connectivity index (χ2n) is 10.9. The highest BCUT2D eigenvalue weighted by Gasteiger charge is 2.08. The number of hydrogen-bond acceptors (Lipinski definition) is 4. The molecule has 0 radical (unpaired) electrons. The molecule has 0 spiro atoms. The van der Waals surface area contributed by atoms with Crippen LogP contribution in [0.4, 0.5) is 0 Å². The van der Waals surface area contributed by atoms with Crippen LogP contribution in [0.1, 0.15) is 121 Å². The number of unbranched alkanes of at least 4 members (excludes halogenated alkanes) is 10. The van der Waals surface area contributed by atoms with E-state index in [1.165, 1.54) is 69.1 Å². The first-order valence-corrected chi connectivity index (χ1v) is 16.4. The van der Waals surface area contributed by atoms with Gasteiger partial charge >= 0.3 is 0 Å². The second-order valence-corrected chi connectivity index (χ2v) is 12.0. The number of ketones is 1. The highest BCUT2D eigenvalue weighted by atomic mass is 32.2. The first kappa shape index (κ1) is 33.0. The lowest BCUT2D eigenvalue weighted by Gasteiger charge is -2.14. The van der Waals surface area contributed by atoms with Gasteiger partial charge in [0.1, 0.15) is 0 Å². The fraction of sp³-hybridized carbons (Fsp3) is 0.571. The molecule has 0 amide bonds. The fourth-order valence-electron chi connectivity index (χ4n) is 4.24. The lowest BCUT2D eigenvalue weighted by atomic mass is 10.1. The molecule has 0 atom stereocenters. The standard InChI is InChI=1S/C35H52O3S/c1-5-7-9-11-13-15-25-37-34-24-18-30(27-35(34)38-26-16-14-12-10-8-6-2)17-23-33(36)31-19-21-32(22-20-31)39-28-29(3)4/h17-24,27,29H,5-16,25-26,28H2,1-4H3. The maximum atomic E-state index is 12.8. The zero-order valence-corrected chi connectivity index (χ0v) is 25.8. The summed E-state index contributed by atoms with van der Waals surface area (Å²) < 4.78 is 12.3. The van der Waals surface area contributed by atoms with E-state index in [-0.39, 0.29) is 5.78 Å². The molecule has 4 heteroatoms. The van der Waals surface area contributed by atoms with Gasteiger partial charge in [-0.2, -0.15) is 0 Å². The van der Waals surface area contributed by atoms with E-state index >= 15 is 0 Å². The molecule has 0 heterocycles. The minimum atomic E-state index is 0.00774. The first-order valence-electron chi connectivity index (χ1n) is 15.4. The van der Waals surface area contributed by atoms with E-state index < -0.39 is 0 Å². The van der Waals surface area contributed by atoms with Crippen LogP contribution >= 0.6 is 11.8 Å². The summed E-state index contributed by atoms with van der Waals surface area (Å²) in [6.07, 6.45) is 18.3. The molecule has 2 aromatic rings. The van der Waals surface area contributed by atoms with E-state index in [2.05, 4.69) is 27.7 Å². The average molecular weight is 553 g/mol. The third kappa shape index (κ3) is 14.7. The molecular weight excluding hydrogens is 500 g/mol. The quantitative estimate of drug-likeness (QED) is 0.0630. The van der Waals surface area contributed by atoms with Crippen LogP contribution in [0.3, 0.4) is 0 Å². The highest BCUT2D eigenvalue weighted by Crippen LogP contribution is 2.30. The van der Waals surface area contributed by atoms with E-state index in [1.807, 2.05) is 60.3 Å². The summed E-state index contributed by atoms with van der Waals surface area (Å²) >= 11 is 1.83. The third-order valence-electron chi connectivity index (χ3n) is 6.63. The number of allylic oxidation sites excluding steroid dienone is 1. The van der Waals surface area contributed by atoms with Gasteiger partial charge in [0.05, 0.1) is 13.2 Å². The normalized spacial score (nSPS) is 11.4. The Morgan fingerprint density at radius 2 is 1.31 bits per heavy atom. The minimum absolute atomic E-state index is 0.00774. The van der Waals surface area contributed by atoms with Crippen molar-refractivity contribution in [3.05, 3.63) is 59.7 Å². The van der Waals surface area contributed by atoms with Crippen LogP contribution in [0.15, 0.2) is 53.4 Å². The van der Waals surface area contributed by atoms with Gasteiger partial charge in [0.15, 0.2) is 17.3 Å². The van der Waals surface area contributed by atoms with Gasteiger partial charge in [-0.25, -0.2) is 0 Å².